The molecule has 0 bridgehead atoms. The quantitative estimate of drug-likeness (QED) is 0.843. The number of nitrogens with one attached hydrogen (secondary N) is 1. The monoisotopic (exact) mass is 219 g/mol. The molecule has 1 aromatic heterocycles. The molecule has 0 radical (unpaired) electrons. The van der Waals surface area contributed by atoms with E-state index in [0.717, 1.165) is 6.07 Å². The molecule has 0 spiro atoms. The highest BCUT2D eigenvalue weighted by Crippen LogP contribution is 2.21. The Balaban J connectivity index is 2.39. The van der Waals surface area contributed by atoms with Crippen molar-refractivity contribution >= 4 is 0 Å². The molecule has 0 aliphatic rings. The van der Waals surface area contributed by atoms with Gasteiger partial charge in [-0.1, -0.05) is 0 Å². The van der Waals surface area contributed by atoms with E-state index in [-0.39, 0.29) is 12.0 Å². The predicted octanol–water partition coefficient (Wildman–Crippen LogP) is 2.42. The van der Waals surface area contributed by atoms with Crippen LogP contribution in [0, 0.1) is 23.0 Å². The highest BCUT2D eigenvalue weighted by Gasteiger charge is 2.09. The number of hydrogen-bond acceptors (Lipinski definition) is 2. The second-order valence-corrected chi connectivity index (χ2v) is 3.20. The van der Waals surface area contributed by atoms with Crippen molar-refractivity contribution < 1.29 is 8.78 Å². The highest BCUT2D eigenvalue weighted by molar-refractivity contribution is 5.59. The highest BCUT2D eigenvalue weighted by atomic mass is 19.1. The molecule has 1 N–H and O–H groups in total. The van der Waals surface area contributed by atoms with Crippen molar-refractivity contribution in [1.29, 1.82) is 5.26 Å². The Hall–Kier alpha value is -2.22. The Morgan fingerprint density at radius 3 is 2.88 bits per heavy atom. The van der Waals surface area contributed by atoms with E-state index in [1.165, 1.54) is 18.3 Å². The Morgan fingerprint density at radius 2 is 2.19 bits per heavy atom. The van der Waals surface area contributed by atoms with Crippen molar-refractivity contribution in [3.8, 4) is 17.3 Å². The number of nitriles is 1. The summed E-state index contributed by atoms with van der Waals surface area (Å²) in [5.41, 5.74) is 0.667. The van der Waals surface area contributed by atoms with Crippen LogP contribution < -0.4 is 0 Å². The smallest absolute Gasteiger partial charge is 0.135 e. The van der Waals surface area contributed by atoms with E-state index in [1.54, 1.807) is 0 Å². The maximum Gasteiger partial charge on any atom is 0.135 e. The van der Waals surface area contributed by atoms with Crippen LogP contribution in [0.2, 0.25) is 0 Å². The standard InChI is InChI=1S/C11H7F2N3/c12-7-1-2-8(9(13)5-7)10-6-15-11(16-10)3-4-14/h1-2,5-6H,3H2,(H,15,16). The average Bonchev–Trinajstić information content (AvgIpc) is 2.67. The fourth-order valence-corrected chi connectivity index (χ4v) is 1.37. The van der Waals surface area contributed by atoms with Gasteiger partial charge in [0.05, 0.1) is 24.4 Å². The number of hydrogen-bond donors (Lipinski definition) is 1. The maximum absolute atomic E-state index is 13.4. The molecule has 16 heavy (non-hydrogen) atoms. The lowest BCUT2D eigenvalue weighted by molar-refractivity contribution is 0.585. The van der Waals surface area contributed by atoms with Gasteiger partial charge in [0.1, 0.15) is 17.5 Å². The molecule has 0 saturated carbocycles. The van der Waals surface area contributed by atoms with E-state index in [2.05, 4.69) is 9.97 Å². The largest absolute Gasteiger partial charge is 0.341 e. The van der Waals surface area contributed by atoms with Gasteiger partial charge in [-0.2, -0.15) is 5.26 Å². The van der Waals surface area contributed by atoms with Crippen LogP contribution in [0.5, 0.6) is 0 Å². The number of halogens is 2. The van der Waals surface area contributed by atoms with E-state index in [0.29, 0.717) is 11.5 Å². The lowest BCUT2D eigenvalue weighted by Crippen LogP contribution is -1.87. The van der Waals surface area contributed by atoms with Gasteiger partial charge in [-0.15, -0.1) is 0 Å². The fraction of sp³-hybridized carbons (Fsp3) is 0.0909. The van der Waals surface area contributed by atoms with Gasteiger partial charge in [-0.25, -0.2) is 13.8 Å². The van der Waals surface area contributed by atoms with Crippen molar-refractivity contribution in [3.05, 3.63) is 41.9 Å². The maximum atomic E-state index is 13.4. The first-order valence-electron chi connectivity index (χ1n) is 4.57. The lowest BCUT2D eigenvalue weighted by atomic mass is 10.1. The summed E-state index contributed by atoms with van der Waals surface area (Å²) in [6.07, 6.45) is 1.55. The molecule has 2 aromatic rings. The van der Waals surface area contributed by atoms with Crippen LogP contribution in [0.15, 0.2) is 24.4 Å². The van der Waals surface area contributed by atoms with E-state index in [4.69, 9.17) is 5.26 Å². The summed E-state index contributed by atoms with van der Waals surface area (Å²) >= 11 is 0. The molecular weight excluding hydrogens is 212 g/mol. The van der Waals surface area contributed by atoms with Gasteiger partial charge in [0, 0.05) is 11.6 Å². The minimum Gasteiger partial charge on any atom is -0.341 e. The zero-order valence-corrected chi connectivity index (χ0v) is 8.17. The van der Waals surface area contributed by atoms with Gasteiger partial charge in [-0.3, -0.25) is 0 Å². The number of aromatic nitrogens is 2. The lowest BCUT2D eigenvalue weighted by Gasteiger charge is -1.99. The van der Waals surface area contributed by atoms with Crippen LogP contribution in [-0.2, 0) is 6.42 Å². The Morgan fingerprint density at radius 1 is 1.38 bits per heavy atom. The van der Waals surface area contributed by atoms with Gasteiger partial charge in [0.15, 0.2) is 0 Å². The van der Waals surface area contributed by atoms with Crippen molar-refractivity contribution in [2.75, 3.05) is 0 Å². The first kappa shape index (κ1) is 10.3. The van der Waals surface area contributed by atoms with E-state index < -0.39 is 11.6 Å². The molecule has 1 aromatic carbocycles. The summed E-state index contributed by atoms with van der Waals surface area (Å²) in [5.74, 6) is -0.827. The minimum absolute atomic E-state index is 0.128. The third-order valence-corrected chi connectivity index (χ3v) is 2.10. The van der Waals surface area contributed by atoms with Gasteiger partial charge < -0.3 is 4.98 Å². The van der Waals surface area contributed by atoms with E-state index in [1.807, 2.05) is 6.07 Å². The van der Waals surface area contributed by atoms with Crippen LogP contribution in [0.1, 0.15) is 5.82 Å². The van der Waals surface area contributed by atoms with Crippen LogP contribution in [-0.4, -0.2) is 9.97 Å². The second-order valence-electron chi connectivity index (χ2n) is 3.20. The van der Waals surface area contributed by atoms with Crippen LogP contribution in [0.4, 0.5) is 8.78 Å². The molecule has 5 heteroatoms. The number of imidazole rings is 1. The molecular formula is C11H7F2N3. The second kappa shape index (κ2) is 4.11. The van der Waals surface area contributed by atoms with Crippen molar-refractivity contribution in [3.63, 3.8) is 0 Å². The third-order valence-electron chi connectivity index (χ3n) is 2.10. The number of nitrogens with zero attached hydrogens (tertiary/aromatic N) is 2. The molecule has 0 saturated heterocycles. The first-order valence-corrected chi connectivity index (χ1v) is 4.57. The van der Waals surface area contributed by atoms with E-state index in [9.17, 15) is 8.78 Å². The average molecular weight is 219 g/mol. The summed E-state index contributed by atoms with van der Waals surface area (Å²) in [7, 11) is 0. The zero-order chi connectivity index (χ0) is 11.5. The summed E-state index contributed by atoms with van der Waals surface area (Å²) in [6, 6.07) is 5.23. The van der Waals surface area contributed by atoms with Gasteiger partial charge in [-0.05, 0) is 12.1 Å². The van der Waals surface area contributed by atoms with E-state index >= 15 is 0 Å². The predicted molar refractivity (Wildman–Crippen MR) is 53.3 cm³/mol. The van der Waals surface area contributed by atoms with Crippen LogP contribution in [0.25, 0.3) is 11.3 Å². The van der Waals surface area contributed by atoms with Crippen molar-refractivity contribution in [2.24, 2.45) is 0 Å². The van der Waals surface area contributed by atoms with Gasteiger partial charge in [0.2, 0.25) is 0 Å². The zero-order valence-electron chi connectivity index (χ0n) is 8.17. The first-order chi connectivity index (χ1) is 7.70. The number of aromatic amines is 1. The Labute approximate surface area is 90.4 Å². The molecule has 1 heterocycles. The summed E-state index contributed by atoms with van der Waals surface area (Å²) in [4.78, 5) is 6.70. The third kappa shape index (κ3) is 1.91. The SMILES string of the molecule is N#CCc1ncc(-c2ccc(F)cc2F)[nH]1. The van der Waals surface area contributed by atoms with Crippen LogP contribution in [0.3, 0.4) is 0 Å². The fourth-order valence-electron chi connectivity index (χ4n) is 1.37. The van der Waals surface area contributed by atoms with Crippen molar-refractivity contribution in [2.45, 2.75) is 6.42 Å². The topological polar surface area (TPSA) is 52.5 Å². The molecule has 0 unspecified atom stereocenters. The summed E-state index contributed by atoms with van der Waals surface area (Å²) in [6.45, 7) is 0. The van der Waals surface area contributed by atoms with Gasteiger partial charge >= 0.3 is 0 Å². The molecule has 0 amide bonds. The number of H-pyrrole nitrogens is 1. The molecule has 0 aliphatic heterocycles. The minimum atomic E-state index is -0.660. The summed E-state index contributed by atoms with van der Waals surface area (Å²) in [5, 5.41) is 8.46. The molecule has 80 valence electrons. The van der Waals surface area contributed by atoms with Gasteiger partial charge in [0.25, 0.3) is 0 Å². The molecule has 3 nitrogen and oxygen atoms in total. The Bertz CT molecular complexity index is 555. The Kier molecular flexibility index (Phi) is 2.64. The normalized spacial score (nSPS) is 10.1. The number of rotatable bonds is 2. The molecule has 0 fully saturated rings. The molecule has 0 aliphatic carbocycles. The van der Waals surface area contributed by atoms with Crippen molar-refractivity contribution in [1.82, 2.24) is 9.97 Å². The molecule has 0 atom stereocenters. The summed E-state index contributed by atoms with van der Waals surface area (Å²) < 4.78 is 26.1. The van der Waals surface area contributed by atoms with Crippen LogP contribution >= 0.6 is 0 Å². The number of benzene rings is 1. The molecule has 2 rings (SSSR count).